The lowest BCUT2D eigenvalue weighted by Crippen LogP contribution is -2.15. The van der Waals surface area contributed by atoms with Gasteiger partial charge in [0, 0.05) is 17.0 Å². The molecule has 0 unspecified atom stereocenters. The number of nitrogens with one attached hydrogen (secondary N) is 1. The highest BCUT2D eigenvalue weighted by Crippen LogP contribution is 2.25. The number of fused-ring (bicyclic) bond motifs is 1. The topological polar surface area (TPSA) is 69.0 Å². The number of benzene rings is 2. The lowest BCUT2D eigenvalue weighted by atomic mass is 10.1. The highest BCUT2D eigenvalue weighted by molar-refractivity contribution is 6.04. The largest absolute Gasteiger partial charge is 0.494 e. The summed E-state index contributed by atoms with van der Waals surface area (Å²) in [5.41, 5.74) is 4.51. The van der Waals surface area contributed by atoms with E-state index in [9.17, 15) is 4.79 Å². The third-order valence-corrected chi connectivity index (χ3v) is 5.91. The Hall–Kier alpha value is -3.67. The van der Waals surface area contributed by atoms with Crippen molar-refractivity contribution >= 4 is 22.6 Å². The Morgan fingerprint density at radius 2 is 1.76 bits per heavy atom. The molecule has 176 valence electrons. The molecule has 4 rings (SSSR count). The Morgan fingerprint density at radius 3 is 2.53 bits per heavy atom. The number of hydrogen-bond donors (Lipinski definition) is 1. The molecular formula is C28H32N4O2. The average Bonchev–Trinajstić information content (AvgIpc) is 3.19. The van der Waals surface area contributed by atoms with Crippen LogP contribution in [0.3, 0.4) is 0 Å². The summed E-state index contributed by atoms with van der Waals surface area (Å²) in [6.45, 7) is 8.90. The lowest BCUT2D eigenvalue weighted by molar-refractivity contribution is 0.102. The number of rotatable bonds is 9. The number of hydrogen-bond acceptors (Lipinski definition) is 4. The minimum Gasteiger partial charge on any atom is -0.494 e. The van der Waals surface area contributed by atoms with Crippen molar-refractivity contribution < 1.29 is 9.53 Å². The number of carbonyl (C=O) groups excluding carboxylic acids is 1. The highest BCUT2D eigenvalue weighted by Gasteiger charge is 2.15. The van der Waals surface area contributed by atoms with Gasteiger partial charge in [-0.2, -0.15) is 9.78 Å². The first-order valence-corrected chi connectivity index (χ1v) is 11.9. The van der Waals surface area contributed by atoms with Crippen LogP contribution in [-0.2, 0) is 0 Å². The number of anilines is 1. The van der Waals surface area contributed by atoms with Crippen LogP contribution in [0.15, 0.2) is 54.6 Å². The van der Waals surface area contributed by atoms with E-state index in [1.54, 1.807) is 16.8 Å². The van der Waals surface area contributed by atoms with Gasteiger partial charge in [0.2, 0.25) is 0 Å². The van der Waals surface area contributed by atoms with Crippen LogP contribution in [0.2, 0.25) is 0 Å². The summed E-state index contributed by atoms with van der Waals surface area (Å²) in [5.74, 6) is 1.83. The first kappa shape index (κ1) is 23.5. The molecule has 2 aromatic heterocycles. The van der Waals surface area contributed by atoms with E-state index < -0.39 is 0 Å². The summed E-state index contributed by atoms with van der Waals surface area (Å²) < 4.78 is 7.48. The molecule has 1 amide bonds. The maximum Gasteiger partial charge on any atom is 0.256 e. The van der Waals surface area contributed by atoms with E-state index in [2.05, 4.69) is 30.3 Å². The fourth-order valence-electron chi connectivity index (χ4n) is 4.03. The first-order valence-electron chi connectivity index (χ1n) is 11.9. The standard InChI is InChI=1S/C28H32N4O2/c1-5-6-7-8-16-34-23-14-12-22(13-15-23)28(33)30-26-18-21(4)31-32(26)25-17-20(3)24-11-9-10-19(2)27(24)29-25/h9-15,17-18H,5-8,16H2,1-4H3,(H,30,33). The SMILES string of the molecule is CCCCCCOc1ccc(C(=O)Nc2cc(C)nn2-c2cc(C)c3cccc(C)c3n2)cc1. The van der Waals surface area contributed by atoms with E-state index in [-0.39, 0.29) is 5.91 Å². The number of aromatic nitrogens is 3. The van der Waals surface area contributed by atoms with Crippen LogP contribution in [0, 0.1) is 20.8 Å². The van der Waals surface area contributed by atoms with Gasteiger partial charge in [-0.05, 0) is 68.7 Å². The Bertz CT molecular complexity index is 1290. The van der Waals surface area contributed by atoms with Crippen LogP contribution >= 0.6 is 0 Å². The second-order valence-corrected chi connectivity index (χ2v) is 8.74. The second-order valence-electron chi connectivity index (χ2n) is 8.74. The lowest BCUT2D eigenvalue weighted by Gasteiger charge is -2.12. The molecule has 0 spiro atoms. The summed E-state index contributed by atoms with van der Waals surface area (Å²) >= 11 is 0. The van der Waals surface area contributed by atoms with Crippen molar-refractivity contribution in [3.63, 3.8) is 0 Å². The molecule has 4 aromatic rings. The molecular weight excluding hydrogens is 424 g/mol. The molecule has 0 atom stereocenters. The molecule has 0 bridgehead atoms. The molecule has 0 saturated heterocycles. The smallest absolute Gasteiger partial charge is 0.256 e. The monoisotopic (exact) mass is 456 g/mol. The molecule has 6 heteroatoms. The zero-order valence-electron chi connectivity index (χ0n) is 20.4. The molecule has 1 N–H and O–H groups in total. The van der Waals surface area contributed by atoms with Gasteiger partial charge in [-0.25, -0.2) is 4.98 Å². The molecule has 0 fully saturated rings. The number of carbonyl (C=O) groups is 1. The maximum atomic E-state index is 13.0. The molecule has 6 nitrogen and oxygen atoms in total. The molecule has 34 heavy (non-hydrogen) atoms. The first-order chi connectivity index (χ1) is 16.5. The summed E-state index contributed by atoms with van der Waals surface area (Å²) in [7, 11) is 0. The van der Waals surface area contributed by atoms with Crippen LogP contribution < -0.4 is 10.1 Å². The van der Waals surface area contributed by atoms with E-state index in [1.165, 1.54) is 19.3 Å². The van der Waals surface area contributed by atoms with Crippen molar-refractivity contribution in [2.45, 2.75) is 53.4 Å². The maximum absolute atomic E-state index is 13.0. The van der Waals surface area contributed by atoms with Gasteiger partial charge in [0.15, 0.2) is 5.82 Å². The van der Waals surface area contributed by atoms with Crippen molar-refractivity contribution in [1.82, 2.24) is 14.8 Å². The van der Waals surface area contributed by atoms with Gasteiger partial charge < -0.3 is 10.1 Å². The van der Waals surface area contributed by atoms with Gasteiger partial charge in [0.05, 0.1) is 17.8 Å². The Balaban J connectivity index is 1.51. The number of unbranched alkanes of at least 4 members (excludes halogenated alkanes) is 3. The predicted molar refractivity (Wildman–Crippen MR) is 137 cm³/mol. The Kier molecular flexibility index (Phi) is 7.26. The Labute approximate surface area is 201 Å². The van der Waals surface area contributed by atoms with Gasteiger partial charge in [-0.3, -0.25) is 4.79 Å². The van der Waals surface area contributed by atoms with E-state index in [0.29, 0.717) is 23.8 Å². The van der Waals surface area contributed by atoms with Crippen molar-refractivity contribution in [2.75, 3.05) is 11.9 Å². The Morgan fingerprint density at radius 1 is 0.971 bits per heavy atom. The summed E-state index contributed by atoms with van der Waals surface area (Å²) in [6, 6.07) is 17.3. The number of aryl methyl sites for hydroxylation is 3. The van der Waals surface area contributed by atoms with E-state index >= 15 is 0 Å². The fourth-order valence-corrected chi connectivity index (χ4v) is 4.03. The van der Waals surface area contributed by atoms with E-state index in [4.69, 9.17) is 9.72 Å². The van der Waals surface area contributed by atoms with Gasteiger partial charge in [0.1, 0.15) is 11.6 Å². The number of amides is 1. The van der Waals surface area contributed by atoms with Crippen molar-refractivity contribution in [3.8, 4) is 11.6 Å². The van der Waals surface area contributed by atoms with Crippen LogP contribution in [0.4, 0.5) is 5.82 Å². The van der Waals surface area contributed by atoms with Gasteiger partial charge in [-0.15, -0.1) is 0 Å². The number of para-hydroxylation sites is 1. The molecule has 2 heterocycles. The zero-order chi connectivity index (χ0) is 24.1. The minimum atomic E-state index is -0.204. The normalized spacial score (nSPS) is 11.1. The van der Waals surface area contributed by atoms with Crippen LogP contribution in [-0.4, -0.2) is 27.3 Å². The third kappa shape index (κ3) is 5.28. The minimum absolute atomic E-state index is 0.204. The van der Waals surface area contributed by atoms with E-state index in [1.807, 2.05) is 50.2 Å². The summed E-state index contributed by atoms with van der Waals surface area (Å²) in [5, 5.41) is 8.71. The molecule has 0 aliphatic carbocycles. The third-order valence-electron chi connectivity index (χ3n) is 5.91. The number of pyridine rings is 1. The second kappa shape index (κ2) is 10.5. The molecule has 0 saturated carbocycles. The van der Waals surface area contributed by atoms with Crippen LogP contribution in [0.1, 0.15) is 59.8 Å². The average molecular weight is 457 g/mol. The van der Waals surface area contributed by atoms with Gasteiger partial charge >= 0.3 is 0 Å². The number of nitrogens with zero attached hydrogens (tertiary/aromatic N) is 3. The van der Waals surface area contributed by atoms with Gasteiger partial charge in [0.25, 0.3) is 5.91 Å². The summed E-state index contributed by atoms with van der Waals surface area (Å²) in [4.78, 5) is 17.8. The van der Waals surface area contributed by atoms with Crippen LogP contribution in [0.25, 0.3) is 16.7 Å². The zero-order valence-corrected chi connectivity index (χ0v) is 20.4. The molecule has 2 aromatic carbocycles. The van der Waals surface area contributed by atoms with Crippen molar-refractivity contribution in [3.05, 3.63) is 77.0 Å². The van der Waals surface area contributed by atoms with Crippen LogP contribution in [0.5, 0.6) is 5.75 Å². The predicted octanol–water partition coefficient (Wildman–Crippen LogP) is 6.56. The highest BCUT2D eigenvalue weighted by atomic mass is 16.5. The summed E-state index contributed by atoms with van der Waals surface area (Å²) in [6.07, 6.45) is 4.65. The van der Waals surface area contributed by atoms with Crippen molar-refractivity contribution in [1.29, 1.82) is 0 Å². The molecule has 0 aliphatic rings. The number of ether oxygens (including phenoxy) is 1. The van der Waals surface area contributed by atoms with Crippen molar-refractivity contribution in [2.24, 2.45) is 0 Å². The van der Waals surface area contributed by atoms with E-state index in [0.717, 1.165) is 39.9 Å². The fraction of sp³-hybridized carbons (Fsp3) is 0.321. The van der Waals surface area contributed by atoms with Gasteiger partial charge in [-0.1, -0.05) is 44.4 Å². The quantitative estimate of drug-likeness (QED) is 0.290. The molecule has 0 radical (unpaired) electrons. The molecule has 0 aliphatic heterocycles.